The van der Waals surface area contributed by atoms with Crippen LogP contribution in [0.3, 0.4) is 0 Å². The molecule has 4 rings (SSSR count). The minimum Gasteiger partial charge on any atom is -0.325 e. The molecule has 0 aliphatic carbocycles. The molecule has 180 valence electrons. The number of aryl methyl sites for hydroxylation is 2. The van der Waals surface area contributed by atoms with Crippen LogP contribution in [0.15, 0.2) is 52.4 Å². The third-order valence-electron chi connectivity index (χ3n) is 6.77. The molecule has 2 aliphatic heterocycles. The van der Waals surface area contributed by atoms with Gasteiger partial charge in [0.2, 0.25) is 5.91 Å². The largest absolute Gasteiger partial charge is 0.325 e. The molecule has 1 fully saturated rings. The number of thioether (sulfide) groups is 1. The first-order valence-corrected chi connectivity index (χ1v) is 13.0. The number of benzene rings is 2. The molecule has 2 aliphatic rings. The molecular formula is C28H36N4OS. The standard InChI is InChI=1S/C28H36N4OS/c1-19-7-12-23(17-20(19)2)29-24(33)18-34-26-25(21-8-10-22(11-9-21)27(3,4)5)30-28(31-26)13-15-32(6)16-14-28/h7-12,17H,13-16,18H2,1-6H3,(H,29,33). The van der Waals surface area contributed by atoms with E-state index in [0.717, 1.165) is 47.9 Å². The molecule has 1 saturated heterocycles. The lowest BCUT2D eigenvalue weighted by molar-refractivity contribution is -0.113. The maximum absolute atomic E-state index is 12.7. The second-order valence-corrected chi connectivity index (χ2v) is 11.6. The molecule has 0 bridgehead atoms. The number of likely N-dealkylation sites (tertiary alicyclic amines) is 1. The average molecular weight is 477 g/mol. The van der Waals surface area contributed by atoms with Crippen molar-refractivity contribution in [2.75, 3.05) is 31.2 Å². The molecule has 2 heterocycles. The van der Waals surface area contributed by atoms with Gasteiger partial charge in [-0.3, -0.25) is 9.79 Å². The zero-order valence-electron chi connectivity index (χ0n) is 21.2. The highest BCUT2D eigenvalue weighted by molar-refractivity contribution is 8.16. The molecule has 2 aromatic rings. The SMILES string of the molecule is Cc1ccc(NC(=O)CSC2=NC3(CCN(C)CC3)N=C2c2ccc(C(C)(C)C)cc2)cc1C. The first-order valence-electron chi connectivity index (χ1n) is 12.0. The first-order chi connectivity index (χ1) is 16.0. The molecule has 34 heavy (non-hydrogen) atoms. The Kier molecular flexibility index (Phi) is 7.02. The van der Waals surface area contributed by atoms with Crippen molar-refractivity contribution in [3.8, 4) is 0 Å². The summed E-state index contributed by atoms with van der Waals surface area (Å²) in [6.07, 6.45) is 1.82. The molecule has 5 nitrogen and oxygen atoms in total. The summed E-state index contributed by atoms with van der Waals surface area (Å²) < 4.78 is 0. The van der Waals surface area contributed by atoms with Crippen LogP contribution in [0.5, 0.6) is 0 Å². The zero-order chi connectivity index (χ0) is 24.5. The summed E-state index contributed by atoms with van der Waals surface area (Å²) in [5.74, 6) is 0.281. The average Bonchev–Trinajstić information content (AvgIpc) is 3.15. The van der Waals surface area contributed by atoms with E-state index in [4.69, 9.17) is 9.98 Å². The van der Waals surface area contributed by atoms with Crippen LogP contribution in [0.4, 0.5) is 5.69 Å². The molecular weight excluding hydrogens is 440 g/mol. The molecule has 0 atom stereocenters. The van der Waals surface area contributed by atoms with Gasteiger partial charge in [0.05, 0.1) is 11.5 Å². The predicted octanol–water partition coefficient (Wildman–Crippen LogP) is 5.60. The van der Waals surface area contributed by atoms with Crippen LogP contribution in [0.1, 0.15) is 55.9 Å². The summed E-state index contributed by atoms with van der Waals surface area (Å²) >= 11 is 1.49. The molecule has 2 aromatic carbocycles. The van der Waals surface area contributed by atoms with Crippen LogP contribution in [0, 0.1) is 13.8 Å². The summed E-state index contributed by atoms with van der Waals surface area (Å²) in [5, 5.41) is 3.91. The number of aliphatic imine (C=N–C) groups is 2. The van der Waals surface area contributed by atoms with E-state index in [0.29, 0.717) is 5.75 Å². The Balaban J connectivity index is 1.52. The lowest BCUT2D eigenvalue weighted by atomic mass is 9.86. The van der Waals surface area contributed by atoms with Crippen molar-refractivity contribution < 1.29 is 4.79 Å². The van der Waals surface area contributed by atoms with E-state index >= 15 is 0 Å². The quantitative estimate of drug-likeness (QED) is 0.625. The highest BCUT2D eigenvalue weighted by Gasteiger charge is 2.39. The molecule has 0 aromatic heterocycles. The van der Waals surface area contributed by atoms with E-state index in [2.05, 4.69) is 76.1 Å². The van der Waals surface area contributed by atoms with E-state index in [1.54, 1.807) is 0 Å². The van der Waals surface area contributed by atoms with Gasteiger partial charge in [0, 0.05) is 37.2 Å². The van der Waals surface area contributed by atoms with Crippen molar-refractivity contribution in [1.82, 2.24) is 4.90 Å². The second kappa shape index (κ2) is 9.67. The summed E-state index contributed by atoms with van der Waals surface area (Å²) in [7, 11) is 2.15. The maximum atomic E-state index is 12.7. The van der Waals surface area contributed by atoms with Gasteiger partial charge in [-0.2, -0.15) is 0 Å². The number of hydrogen-bond donors (Lipinski definition) is 1. The van der Waals surface area contributed by atoms with E-state index < -0.39 is 5.66 Å². The Labute approximate surface area is 208 Å². The van der Waals surface area contributed by atoms with Gasteiger partial charge in [-0.25, -0.2) is 4.99 Å². The number of piperidine rings is 1. The number of amides is 1. The van der Waals surface area contributed by atoms with Gasteiger partial charge in [0.15, 0.2) is 5.66 Å². The van der Waals surface area contributed by atoms with Crippen molar-refractivity contribution >= 4 is 34.1 Å². The predicted molar refractivity (Wildman–Crippen MR) is 146 cm³/mol. The Hall–Kier alpha value is -2.44. The minimum atomic E-state index is -0.391. The molecule has 0 saturated carbocycles. The molecule has 0 radical (unpaired) electrons. The van der Waals surface area contributed by atoms with Crippen molar-refractivity contribution in [1.29, 1.82) is 0 Å². The van der Waals surface area contributed by atoms with Crippen molar-refractivity contribution in [3.05, 3.63) is 64.7 Å². The first kappa shape index (κ1) is 24.7. The Morgan fingerprint density at radius 1 is 1.03 bits per heavy atom. The molecule has 1 amide bonds. The van der Waals surface area contributed by atoms with E-state index in [1.165, 1.54) is 28.5 Å². The second-order valence-electron chi connectivity index (χ2n) is 10.6. The van der Waals surface area contributed by atoms with Gasteiger partial charge in [-0.05, 0) is 55.1 Å². The zero-order valence-corrected chi connectivity index (χ0v) is 22.1. The molecule has 1 N–H and O–H groups in total. The topological polar surface area (TPSA) is 57.1 Å². The van der Waals surface area contributed by atoms with Crippen LogP contribution in [-0.4, -0.2) is 53.1 Å². The number of carbonyl (C=O) groups excluding carboxylic acids is 1. The number of carbonyl (C=O) groups is 1. The third kappa shape index (κ3) is 5.61. The number of nitrogens with one attached hydrogen (secondary N) is 1. The van der Waals surface area contributed by atoms with E-state index in [1.807, 2.05) is 18.2 Å². The van der Waals surface area contributed by atoms with Crippen LogP contribution in [0.2, 0.25) is 0 Å². The van der Waals surface area contributed by atoms with Crippen LogP contribution in [0.25, 0.3) is 0 Å². The summed E-state index contributed by atoms with van der Waals surface area (Å²) in [6, 6.07) is 14.7. The summed E-state index contributed by atoms with van der Waals surface area (Å²) in [5.41, 5.74) is 6.22. The monoisotopic (exact) mass is 476 g/mol. The lowest BCUT2D eigenvalue weighted by Gasteiger charge is -2.33. The Morgan fingerprint density at radius 2 is 1.71 bits per heavy atom. The number of hydrogen-bond acceptors (Lipinski definition) is 5. The lowest BCUT2D eigenvalue weighted by Crippen LogP contribution is -2.39. The Morgan fingerprint density at radius 3 is 2.32 bits per heavy atom. The van der Waals surface area contributed by atoms with Crippen molar-refractivity contribution in [3.63, 3.8) is 0 Å². The third-order valence-corrected chi connectivity index (χ3v) is 7.74. The van der Waals surface area contributed by atoms with Gasteiger partial charge in [-0.15, -0.1) is 0 Å². The van der Waals surface area contributed by atoms with Gasteiger partial charge < -0.3 is 10.2 Å². The normalized spacial score (nSPS) is 18.1. The van der Waals surface area contributed by atoms with Crippen LogP contribution < -0.4 is 5.32 Å². The summed E-state index contributed by atoms with van der Waals surface area (Å²) in [6.45, 7) is 12.8. The van der Waals surface area contributed by atoms with Gasteiger partial charge >= 0.3 is 0 Å². The van der Waals surface area contributed by atoms with E-state index in [9.17, 15) is 4.79 Å². The molecule has 6 heteroatoms. The minimum absolute atomic E-state index is 0.0253. The van der Waals surface area contributed by atoms with Gasteiger partial charge in [0.25, 0.3) is 0 Å². The fourth-order valence-corrected chi connectivity index (χ4v) is 5.16. The fourth-order valence-electron chi connectivity index (χ4n) is 4.29. The van der Waals surface area contributed by atoms with Gasteiger partial charge in [-0.1, -0.05) is 62.9 Å². The maximum Gasteiger partial charge on any atom is 0.234 e. The van der Waals surface area contributed by atoms with Crippen LogP contribution in [-0.2, 0) is 10.2 Å². The highest BCUT2D eigenvalue weighted by Crippen LogP contribution is 2.35. The molecule has 0 unspecified atom stereocenters. The highest BCUT2D eigenvalue weighted by atomic mass is 32.2. The smallest absolute Gasteiger partial charge is 0.234 e. The Bertz CT molecular complexity index is 1120. The van der Waals surface area contributed by atoms with Crippen molar-refractivity contribution in [2.24, 2.45) is 9.98 Å². The van der Waals surface area contributed by atoms with Crippen molar-refractivity contribution in [2.45, 2.75) is 58.5 Å². The van der Waals surface area contributed by atoms with Gasteiger partial charge in [0.1, 0.15) is 5.04 Å². The number of nitrogens with zero attached hydrogens (tertiary/aromatic N) is 3. The molecule has 1 spiro atoms. The fraction of sp³-hybridized carbons (Fsp3) is 0.464. The van der Waals surface area contributed by atoms with E-state index in [-0.39, 0.29) is 11.3 Å². The number of rotatable bonds is 4. The van der Waals surface area contributed by atoms with Crippen LogP contribution >= 0.6 is 11.8 Å². The number of anilines is 1. The summed E-state index contributed by atoms with van der Waals surface area (Å²) in [4.78, 5) is 25.4.